The summed E-state index contributed by atoms with van der Waals surface area (Å²) in [6.07, 6.45) is -3.96. The Bertz CT molecular complexity index is 887. The number of amides is 1. The van der Waals surface area contributed by atoms with Gasteiger partial charge in [-0.15, -0.1) is 0 Å². The van der Waals surface area contributed by atoms with E-state index in [1.807, 2.05) is 31.2 Å². The first-order chi connectivity index (χ1) is 13.0. The van der Waals surface area contributed by atoms with Crippen molar-refractivity contribution in [2.75, 3.05) is 13.1 Å². The molecule has 9 heteroatoms. The minimum Gasteiger partial charge on any atom is -0.385 e. The first kappa shape index (κ1) is 20.7. The number of alkyl halides is 3. The standard InChI is InChI=1S/C19H21ClF3N3O2/c1-12-4-3-5-14(10-12)18(28)6-8-25(9-7-18)15(27)11-26-13(2)16(20)17(24-26)19(21,22)23/h3-5,10,28H,6-9,11H2,1-2H3. The number of aliphatic hydroxyl groups is 1. The number of piperidine rings is 1. The number of aryl methyl sites for hydroxylation is 1. The van der Waals surface area contributed by atoms with E-state index in [1.54, 1.807) is 0 Å². The molecule has 3 rings (SSSR count). The van der Waals surface area contributed by atoms with Gasteiger partial charge in [-0.3, -0.25) is 9.48 Å². The van der Waals surface area contributed by atoms with Gasteiger partial charge in [0.05, 0.1) is 16.3 Å². The number of likely N-dealkylation sites (tertiary alicyclic amines) is 1. The number of rotatable bonds is 3. The van der Waals surface area contributed by atoms with Crippen molar-refractivity contribution in [3.8, 4) is 0 Å². The minimum absolute atomic E-state index is 0.0932. The number of carbonyl (C=O) groups is 1. The van der Waals surface area contributed by atoms with E-state index in [-0.39, 0.29) is 18.1 Å². The van der Waals surface area contributed by atoms with Crippen molar-refractivity contribution in [3.63, 3.8) is 0 Å². The molecule has 0 spiro atoms. The summed E-state index contributed by atoms with van der Waals surface area (Å²) in [5, 5.41) is 13.9. The number of nitrogens with zero attached hydrogens (tertiary/aromatic N) is 3. The third-order valence-electron chi connectivity index (χ3n) is 5.19. The van der Waals surface area contributed by atoms with Gasteiger partial charge in [0.25, 0.3) is 0 Å². The summed E-state index contributed by atoms with van der Waals surface area (Å²) in [7, 11) is 0. The Balaban J connectivity index is 1.68. The van der Waals surface area contributed by atoms with Crippen LogP contribution in [-0.2, 0) is 23.1 Å². The summed E-state index contributed by atoms with van der Waals surface area (Å²) in [5.74, 6) is -0.359. The van der Waals surface area contributed by atoms with E-state index in [4.69, 9.17) is 11.6 Å². The second-order valence-electron chi connectivity index (χ2n) is 7.19. The quantitative estimate of drug-likeness (QED) is 0.832. The Kier molecular flexibility index (Phi) is 5.46. The molecule has 152 valence electrons. The van der Waals surface area contributed by atoms with Crippen molar-refractivity contribution in [2.24, 2.45) is 0 Å². The van der Waals surface area contributed by atoms with E-state index in [9.17, 15) is 23.1 Å². The van der Waals surface area contributed by atoms with Gasteiger partial charge in [0.2, 0.25) is 5.91 Å². The smallest absolute Gasteiger partial charge is 0.385 e. The van der Waals surface area contributed by atoms with Crippen LogP contribution in [0.25, 0.3) is 0 Å². The highest BCUT2D eigenvalue weighted by Gasteiger charge is 2.39. The molecule has 0 unspecified atom stereocenters. The fraction of sp³-hybridized carbons (Fsp3) is 0.474. The summed E-state index contributed by atoms with van der Waals surface area (Å²) in [4.78, 5) is 14.1. The maximum atomic E-state index is 12.9. The molecule has 0 atom stereocenters. The molecule has 1 saturated heterocycles. The van der Waals surface area contributed by atoms with Gasteiger partial charge < -0.3 is 10.0 Å². The molecule has 2 aromatic rings. The zero-order valence-corrected chi connectivity index (χ0v) is 16.3. The molecular weight excluding hydrogens is 395 g/mol. The number of aromatic nitrogens is 2. The van der Waals surface area contributed by atoms with Gasteiger partial charge in [-0.1, -0.05) is 41.4 Å². The molecule has 2 heterocycles. The van der Waals surface area contributed by atoms with Crippen LogP contribution in [0.2, 0.25) is 5.02 Å². The highest BCUT2D eigenvalue weighted by atomic mass is 35.5. The zero-order chi connectivity index (χ0) is 20.7. The first-order valence-electron chi connectivity index (χ1n) is 8.89. The van der Waals surface area contributed by atoms with E-state index in [2.05, 4.69) is 5.10 Å². The Hall–Kier alpha value is -2.06. The van der Waals surface area contributed by atoms with E-state index in [0.717, 1.165) is 15.8 Å². The maximum Gasteiger partial charge on any atom is 0.436 e. The number of benzene rings is 1. The van der Waals surface area contributed by atoms with Crippen molar-refractivity contribution in [2.45, 2.75) is 45.0 Å². The number of hydrogen-bond acceptors (Lipinski definition) is 3. The van der Waals surface area contributed by atoms with Gasteiger partial charge in [0, 0.05) is 13.1 Å². The molecular formula is C19H21ClF3N3O2. The molecule has 1 N–H and O–H groups in total. The van der Waals surface area contributed by atoms with Crippen LogP contribution in [0.15, 0.2) is 24.3 Å². The van der Waals surface area contributed by atoms with Gasteiger partial charge in [-0.2, -0.15) is 18.3 Å². The summed E-state index contributed by atoms with van der Waals surface area (Å²) in [5.41, 5.74) is -0.264. The molecule has 1 aromatic carbocycles. The first-order valence-corrected chi connectivity index (χ1v) is 9.26. The fourth-order valence-corrected chi connectivity index (χ4v) is 3.68. The van der Waals surface area contributed by atoms with Crippen LogP contribution in [0.5, 0.6) is 0 Å². The van der Waals surface area contributed by atoms with Crippen LogP contribution in [-0.4, -0.2) is 38.8 Å². The van der Waals surface area contributed by atoms with E-state index >= 15 is 0 Å². The summed E-state index contributed by atoms with van der Waals surface area (Å²) in [6, 6.07) is 7.60. The van der Waals surface area contributed by atoms with Crippen molar-refractivity contribution >= 4 is 17.5 Å². The molecule has 5 nitrogen and oxygen atoms in total. The lowest BCUT2D eigenvalue weighted by Gasteiger charge is -2.38. The average Bonchev–Trinajstić information content (AvgIpc) is 2.91. The van der Waals surface area contributed by atoms with Crippen LogP contribution >= 0.6 is 11.6 Å². The Morgan fingerprint density at radius 2 is 1.93 bits per heavy atom. The van der Waals surface area contributed by atoms with Gasteiger partial charge >= 0.3 is 6.18 Å². The number of hydrogen-bond donors (Lipinski definition) is 1. The van der Waals surface area contributed by atoms with Crippen molar-refractivity contribution in [1.29, 1.82) is 0 Å². The van der Waals surface area contributed by atoms with Crippen molar-refractivity contribution in [1.82, 2.24) is 14.7 Å². The Morgan fingerprint density at radius 1 is 1.29 bits per heavy atom. The second-order valence-corrected chi connectivity index (χ2v) is 7.56. The zero-order valence-electron chi connectivity index (χ0n) is 15.6. The number of halogens is 4. The lowest BCUT2D eigenvalue weighted by Crippen LogP contribution is -2.46. The summed E-state index contributed by atoms with van der Waals surface area (Å²) in [6.45, 7) is 3.63. The predicted molar refractivity (Wildman–Crippen MR) is 97.9 cm³/mol. The van der Waals surface area contributed by atoms with E-state index in [0.29, 0.717) is 25.9 Å². The normalized spacial score (nSPS) is 17.0. The third kappa shape index (κ3) is 4.03. The molecule has 28 heavy (non-hydrogen) atoms. The summed E-state index contributed by atoms with van der Waals surface area (Å²) < 4.78 is 39.8. The molecule has 1 aliphatic rings. The summed E-state index contributed by atoms with van der Waals surface area (Å²) >= 11 is 5.72. The van der Waals surface area contributed by atoms with Crippen LogP contribution in [0, 0.1) is 13.8 Å². The minimum atomic E-state index is -4.68. The Morgan fingerprint density at radius 3 is 2.46 bits per heavy atom. The van der Waals surface area contributed by atoms with Gasteiger partial charge in [-0.25, -0.2) is 0 Å². The van der Waals surface area contributed by atoms with Gasteiger partial charge in [-0.05, 0) is 32.3 Å². The third-order valence-corrected chi connectivity index (χ3v) is 5.64. The van der Waals surface area contributed by atoms with E-state index < -0.39 is 22.5 Å². The Labute approximate surface area is 165 Å². The highest BCUT2D eigenvalue weighted by molar-refractivity contribution is 6.32. The molecule has 1 fully saturated rings. The molecule has 1 aliphatic heterocycles. The van der Waals surface area contributed by atoms with Gasteiger partial charge in [0.15, 0.2) is 5.69 Å². The number of carbonyl (C=O) groups excluding carboxylic acids is 1. The fourth-order valence-electron chi connectivity index (χ4n) is 3.44. The average molecular weight is 416 g/mol. The SMILES string of the molecule is Cc1cccc(C2(O)CCN(C(=O)Cn3nc(C(F)(F)F)c(Cl)c3C)CC2)c1. The molecule has 0 radical (unpaired) electrons. The topological polar surface area (TPSA) is 58.4 Å². The van der Waals surface area contributed by atoms with Crippen LogP contribution in [0.1, 0.15) is 35.4 Å². The molecule has 0 saturated carbocycles. The van der Waals surface area contributed by atoms with Gasteiger partial charge in [0.1, 0.15) is 6.54 Å². The van der Waals surface area contributed by atoms with Crippen molar-refractivity contribution in [3.05, 3.63) is 51.8 Å². The van der Waals surface area contributed by atoms with E-state index in [1.165, 1.54) is 11.8 Å². The molecule has 1 amide bonds. The monoisotopic (exact) mass is 415 g/mol. The predicted octanol–water partition coefficient (Wildman–Crippen LogP) is 3.68. The van der Waals surface area contributed by atoms with Crippen LogP contribution in [0.3, 0.4) is 0 Å². The highest BCUT2D eigenvalue weighted by Crippen LogP contribution is 2.36. The lowest BCUT2D eigenvalue weighted by molar-refractivity contribution is -0.142. The lowest BCUT2D eigenvalue weighted by atomic mass is 9.84. The van der Waals surface area contributed by atoms with Crippen LogP contribution < -0.4 is 0 Å². The molecule has 0 aliphatic carbocycles. The van der Waals surface area contributed by atoms with Crippen molar-refractivity contribution < 1.29 is 23.1 Å². The second kappa shape index (κ2) is 7.40. The molecule has 0 bridgehead atoms. The maximum absolute atomic E-state index is 12.9. The van der Waals surface area contributed by atoms with Crippen LogP contribution in [0.4, 0.5) is 13.2 Å². The largest absolute Gasteiger partial charge is 0.436 e. The molecule has 1 aromatic heterocycles.